The van der Waals surface area contributed by atoms with Gasteiger partial charge in [0.1, 0.15) is 5.82 Å². The highest BCUT2D eigenvalue weighted by Gasteiger charge is 2.23. The van der Waals surface area contributed by atoms with Crippen molar-refractivity contribution in [1.82, 2.24) is 14.9 Å². The molecule has 2 heterocycles. The number of rotatable bonds is 4. The van der Waals surface area contributed by atoms with Gasteiger partial charge >= 0.3 is 0 Å². The molecule has 0 amide bonds. The normalized spacial score (nSPS) is 26.0. The first-order valence-electron chi connectivity index (χ1n) is 5.66. The van der Waals surface area contributed by atoms with Gasteiger partial charge in [0, 0.05) is 31.6 Å². The van der Waals surface area contributed by atoms with E-state index in [1.807, 2.05) is 12.4 Å². The van der Waals surface area contributed by atoms with E-state index in [1.54, 1.807) is 0 Å². The molecule has 0 aromatic carbocycles. The summed E-state index contributed by atoms with van der Waals surface area (Å²) in [6, 6.07) is 0.479. The van der Waals surface area contributed by atoms with Gasteiger partial charge < -0.3 is 14.6 Å². The van der Waals surface area contributed by atoms with Gasteiger partial charge in [-0.05, 0) is 20.3 Å². The summed E-state index contributed by atoms with van der Waals surface area (Å²) in [7, 11) is 0. The zero-order chi connectivity index (χ0) is 10.7. The Hall–Kier alpha value is -0.870. The third kappa shape index (κ3) is 2.38. The molecule has 1 aromatic heterocycles. The van der Waals surface area contributed by atoms with Crippen LogP contribution in [0.3, 0.4) is 0 Å². The van der Waals surface area contributed by atoms with Crippen molar-refractivity contribution in [2.75, 3.05) is 6.61 Å². The van der Waals surface area contributed by atoms with Gasteiger partial charge in [-0.2, -0.15) is 0 Å². The topological polar surface area (TPSA) is 39.1 Å². The fourth-order valence-electron chi connectivity index (χ4n) is 2.02. The molecular weight excluding hydrogens is 190 g/mol. The highest BCUT2D eigenvalue weighted by molar-refractivity contribution is 4.93. The van der Waals surface area contributed by atoms with Gasteiger partial charge in [0.2, 0.25) is 0 Å². The highest BCUT2D eigenvalue weighted by atomic mass is 16.5. The van der Waals surface area contributed by atoms with Crippen LogP contribution in [-0.4, -0.2) is 28.3 Å². The maximum absolute atomic E-state index is 5.50. The maximum Gasteiger partial charge on any atom is 0.122 e. The summed E-state index contributed by atoms with van der Waals surface area (Å²) in [5.74, 6) is 1.11. The van der Waals surface area contributed by atoms with Crippen molar-refractivity contribution in [2.45, 2.75) is 45.5 Å². The number of ether oxygens (including phenoxy) is 1. The predicted octanol–water partition coefficient (Wildman–Crippen LogP) is 1.17. The molecule has 4 heteroatoms. The average Bonchev–Trinajstić information content (AvgIpc) is 2.83. The Morgan fingerprint density at radius 2 is 2.53 bits per heavy atom. The van der Waals surface area contributed by atoms with Crippen LogP contribution in [0.1, 0.15) is 26.1 Å². The molecule has 0 spiro atoms. The summed E-state index contributed by atoms with van der Waals surface area (Å²) in [4.78, 5) is 4.33. The molecule has 0 radical (unpaired) electrons. The number of hydrogen-bond acceptors (Lipinski definition) is 3. The molecule has 2 atom stereocenters. The van der Waals surface area contributed by atoms with E-state index in [4.69, 9.17) is 4.74 Å². The fourth-order valence-corrected chi connectivity index (χ4v) is 2.02. The van der Waals surface area contributed by atoms with Crippen LogP contribution in [0.2, 0.25) is 0 Å². The molecule has 1 fully saturated rings. The minimum atomic E-state index is 0.329. The molecule has 0 saturated carbocycles. The van der Waals surface area contributed by atoms with Crippen LogP contribution in [0.25, 0.3) is 0 Å². The van der Waals surface area contributed by atoms with E-state index in [0.29, 0.717) is 12.1 Å². The molecule has 15 heavy (non-hydrogen) atoms. The first-order valence-corrected chi connectivity index (χ1v) is 5.66. The van der Waals surface area contributed by atoms with Gasteiger partial charge in [0.15, 0.2) is 0 Å². The first-order chi connectivity index (χ1) is 7.31. The molecule has 84 valence electrons. The molecule has 1 aliphatic heterocycles. The van der Waals surface area contributed by atoms with Gasteiger partial charge in [0.05, 0.1) is 12.6 Å². The lowest BCUT2D eigenvalue weighted by Crippen LogP contribution is -2.34. The minimum absolute atomic E-state index is 0.329. The Morgan fingerprint density at radius 3 is 3.20 bits per heavy atom. The van der Waals surface area contributed by atoms with Crippen molar-refractivity contribution in [3.05, 3.63) is 18.2 Å². The maximum atomic E-state index is 5.50. The zero-order valence-electron chi connectivity index (χ0n) is 9.44. The lowest BCUT2D eigenvalue weighted by atomic mass is 10.1. The van der Waals surface area contributed by atoms with E-state index in [2.05, 4.69) is 28.7 Å². The van der Waals surface area contributed by atoms with Crippen molar-refractivity contribution in [2.24, 2.45) is 0 Å². The summed E-state index contributed by atoms with van der Waals surface area (Å²) < 4.78 is 7.66. The molecule has 2 unspecified atom stereocenters. The zero-order valence-corrected chi connectivity index (χ0v) is 9.44. The standard InChI is InChI=1S/C11H19N3O/c1-3-14-6-5-12-11(14)8-13-10-4-7-15-9(10)2/h5-6,9-10,13H,3-4,7-8H2,1-2H3. The Labute approximate surface area is 90.6 Å². The van der Waals surface area contributed by atoms with Crippen molar-refractivity contribution >= 4 is 0 Å². The van der Waals surface area contributed by atoms with Crippen LogP contribution in [0, 0.1) is 0 Å². The molecule has 0 bridgehead atoms. The number of imidazole rings is 1. The molecule has 1 saturated heterocycles. The minimum Gasteiger partial charge on any atom is -0.377 e. The lowest BCUT2D eigenvalue weighted by molar-refractivity contribution is 0.113. The third-order valence-corrected chi connectivity index (χ3v) is 3.04. The van der Waals surface area contributed by atoms with Crippen LogP contribution in [0.5, 0.6) is 0 Å². The van der Waals surface area contributed by atoms with E-state index < -0.39 is 0 Å². The Kier molecular flexibility index (Phi) is 3.38. The summed E-state index contributed by atoms with van der Waals surface area (Å²) in [6.45, 7) is 6.94. The van der Waals surface area contributed by atoms with Crippen molar-refractivity contribution in [1.29, 1.82) is 0 Å². The van der Waals surface area contributed by atoms with Gasteiger partial charge in [-0.3, -0.25) is 0 Å². The highest BCUT2D eigenvalue weighted by Crippen LogP contribution is 2.13. The lowest BCUT2D eigenvalue weighted by Gasteiger charge is -2.15. The van der Waals surface area contributed by atoms with Crippen LogP contribution in [-0.2, 0) is 17.8 Å². The second kappa shape index (κ2) is 4.77. The fraction of sp³-hybridized carbons (Fsp3) is 0.727. The number of aromatic nitrogens is 2. The van der Waals surface area contributed by atoms with Crippen LogP contribution >= 0.6 is 0 Å². The second-order valence-corrected chi connectivity index (χ2v) is 3.98. The summed E-state index contributed by atoms with van der Waals surface area (Å²) in [5, 5.41) is 3.50. The van der Waals surface area contributed by atoms with Crippen molar-refractivity contribution in [3.63, 3.8) is 0 Å². The summed E-state index contributed by atoms with van der Waals surface area (Å²) in [5.41, 5.74) is 0. The molecule has 4 nitrogen and oxygen atoms in total. The molecule has 1 aromatic rings. The number of aryl methyl sites for hydroxylation is 1. The SMILES string of the molecule is CCn1ccnc1CNC1CCOC1C. The first kappa shape index (κ1) is 10.6. The van der Waals surface area contributed by atoms with E-state index >= 15 is 0 Å². The Bertz CT molecular complexity index is 311. The van der Waals surface area contributed by atoms with Gasteiger partial charge in [-0.1, -0.05) is 0 Å². The predicted molar refractivity (Wildman–Crippen MR) is 58.6 cm³/mol. The van der Waals surface area contributed by atoms with E-state index in [0.717, 1.165) is 31.9 Å². The average molecular weight is 209 g/mol. The molecule has 1 aliphatic rings. The quantitative estimate of drug-likeness (QED) is 0.809. The number of nitrogens with one attached hydrogen (secondary N) is 1. The van der Waals surface area contributed by atoms with Crippen molar-refractivity contribution < 1.29 is 4.74 Å². The van der Waals surface area contributed by atoms with E-state index in [1.165, 1.54) is 0 Å². The second-order valence-electron chi connectivity index (χ2n) is 3.98. The van der Waals surface area contributed by atoms with Crippen LogP contribution in [0.4, 0.5) is 0 Å². The van der Waals surface area contributed by atoms with Gasteiger partial charge in [-0.15, -0.1) is 0 Å². The monoisotopic (exact) mass is 209 g/mol. The number of nitrogens with zero attached hydrogens (tertiary/aromatic N) is 2. The molecule has 1 N–H and O–H groups in total. The van der Waals surface area contributed by atoms with Crippen molar-refractivity contribution in [3.8, 4) is 0 Å². The molecule has 2 rings (SSSR count). The van der Waals surface area contributed by atoms with Gasteiger partial charge in [-0.25, -0.2) is 4.98 Å². The largest absolute Gasteiger partial charge is 0.377 e. The smallest absolute Gasteiger partial charge is 0.122 e. The summed E-state index contributed by atoms with van der Waals surface area (Å²) >= 11 is 0. The van der Waals surface area contributed by atoms with E-state index in [9.17, 15) is 0 Å². The Balaban J connectivity index is 1.87. The van der Waals surface area contributed by atoms with Crippen LogP contribution < -0.4 is 5.32 Å². The Morgan fingerprint density at radius 1 is 1.67 bits per heavy atom. The summed E-state index contributed by atoms with van der Waals surface area (Å²) in [6.07, 6.45) is 5.31. The molecular formula is C11H19N3O. The van der Waals surface area contributed by atoms with Crippen LogP contribution in [0.15, 0.2) is 12.4 Å². The number of hydrogen-bond donors (Lipinski definition) is 1. The third-order valence-electron chi connectivity index (χ3n) is 3.04. The molecule has 0 aliphatic carbocycles. The van der Waals surface area contributed by atoms with Gasteiger partial charge in [0.25, 0.3) is 0 Å². The van der Waals surface area contributed by atoms with E-state index in [-0.39, 0.29) is 0 Å².